The molecule has 1 rings (SSSR count). The maximum Gasteiger partial charge on any atom is 0.217 e. The monoisotopic (exact) mass is 205 g/mol. The van der Waals surface area contributed by atoms with Gasteiger partial charge in [0.2, 0.25) is 5.91 Å². The zero-order chi connectivity index (χ0) is 10.7. The van der Waals surface area contributed by atoms with Crippen LogP contribution in [-0.2, 0) is 14.3 Å². The second-order valence-corrected chi connectivity index (χ2v) is 3.23. The van der Waals surface area contributed by atoms with Gasteiger partial charge in [-0.15, -0.1) is 0 Å². The van der Waals surface area contributed by atoms with Gasteiger partial charge in [-0.05, 0) is 0 Å². The molecule has 0 spiro atoms. The van der Waals surface area contributed by atoms with Crippen LogP contribution in [0.2, 0.25) is 0 Å². The third-order valence-corrected chi connectivity index (χ3v) is 2.10. The third-order valence-electron chi connectivity index (χ3n) is 2.10. The van der Waals surface area contributed by atoms with E-state index in [2.05, 4.69) is 5.32 Å². The maximum atomic E-state index is 10.7. The van der Waals surface area contributed by atoms with Gasteiger partial charge in [0, 0.05) is 14.0 Å². The molecular weight excluding hydrogens is 190 g/mol. The zero-order valence-electron chi connectivity index (χ0n) is 8.14. The summed E-state index contributed by atoms with van der Waals surface area (Å²) in [6.07, 6.45) is -3.06. The molecule has 82 valence electrons. The number of amides is 1. The molecule has 6 nitrogen and oxygen atoms in total. The normalized spacial score (nSPS) is 38.0. The van der Waals surface area contributed by atoms with Crippen molar-refractivity contribution < 1.29 is 24.5 Å². The fourth-order valence-electron chi connectivity index (χ4n) is 1.39. The van der Waals surface area contributed by atoms with Gasteiger partial charge in [0.15, 0.2) is 6.29 Å². The van der Waals surface area contributed by atoms with Crippen molar-refractivity contribution in [2.75, 3.05) is 13.7 Å². The van der Waals surface area contributed by atoms with E-state index in [4.69, 9.17) is 9.47 Å². The molecule has 0 bridgehead atoms. The molecule has 0 aromatic carbocycles. The number of carbonyl (C=O) groups excluding carboxylic acids is 1. The van der Waals surface area contributed by atoms with Crippen molar-refractivity contribution in [1.29, 1.82) is 0 Å². The summed E-state index contributed by atoms with van der Waals surface area (Å²) in [5.41, 5.74) is 0. The van der Waals surface area contributed by atoms with E-state index in [1.54, 1.807) is 0 Å². The molecule has 3 N–H and O–H groups in total. The molecule has 4 atom stereocenters. The molecule has 0 saturated carbocycles. The number of hydrogen-bond donors (Lipinski definition) is 3. The molecule has 1 saturated heterocycles. The predicted molar refractivity (Wildman–Crippen MR) is 46.4 cm³/mol. The molecule has 0 aromatic rings. The Balaban J connectivity index is 2.54. The Morgan fingerprint density at radius 3 is 2.64 bits per heavy atom. The minimum atomic E-state index is -1.15. The van der Waals surface area contributed by atoms with Crippen molar-refractivity contribution in [3.05, 3.63) is 0 Å². The van der Waals surface area contributed by atoms with Gasteiger partial charge >= 0.3 is 0 Å². The van der Waals surface area contributed by atoms with Crippen LogP contribution in [0.15, 0.2) is 0 Å². The molecular formula is C8H15NO5. The number of nitrogens with one attached hydrogen (secondary N) is 1. The molecule has 6 heteroatoms. The Bertz CT molecular complexity index is 210. The highest BCUT2D eigenvalue weighted by atomic mass is 16.7. The van der Waals surface area contributed by atoms with Crippen LogP contribution in [-0.4, -0.2) is 54.4 Å². The number of aliphatic hydroxyl groups excluding tert-OH is 2. The third kappa shape index (κ3) is 2.42. The van der Waals surface area contributed by atoms with Crippen LogP contribution >= 0.6 is 0 Å². The molecule has 0 radical (unpaired) electrons. The number of ether oxygens (including phenoxy) is 2. The molecule has 0 aromatic heterocycles. The van der Waals surface area contributed by atoms with Crippen molar-refractivity contribution >= 4 is 5.91 Å². The van der Waals surface area contributed by atoms with Crippen LogP contribution in [0.1, 0.15) is 6.92 Å². The fraction of sp³-hybridized carbons (Fsp3) is 0.875. The van der Waals surface area contributed by atoms with Crippen LogP contribution in [0, 0.1) is 0 Å². The summed E-state index contributed by atoms with van der Waals surface area (Å²) in [6, 6.07) is -0.589. The lowest BCUT2D eigenvalue weighted by Gasteiger charge is -2.36. The van der Waals surface area contributed by atoms with Gasteiger partial charge in [0.25, 0.3) is 0 Å². The first-order valence-electron chi connectivity index (χ1n) is 4.34. The first-order valence-corrected chi connectivity index (χ1v) is 4.34. The first kappa shape index (κ1) is 11.4. The predicted octanol–water partition coefficient (Wildman–Crippen LogP) is -1.78. The van der Waals surface area contributed by atoms with Crippen molar-refractivity contribution in [2.24, 2.45) is 0 Å². The van der Waals surface area contributed by atoms with E-state index in [0.717, 1.165) is 0 Å². The number of hydrogen-bond acceptors (Lipinski definition) is 5. The Kier molecular flexibility index (Phi) is 3.82. The Morgan fingerprint density at radius 1 is 1.50 bits per heavy atom. The molecule has 1 amide bonds. The van der Waals surface area contributed by atoms with E-state index >= 15 is 0 Å². The summed E-state index contributed by atoms with van der Waals surface area (Å²) < 4.78 is 9.86. The Morgan fingerprint density at radius 2 is 2.14 bits per heavy atom. The minimum Gasteiger partial charge on any atom is -0.388 e. The number of rotatable bonds is 2. The number of carbonyl (C=O) groups is 1. The van der Waals surface area contributed by atoms with E-state index in [9.17, 15) is 15.0 Å². The van der Waals surface area contributed by atoms with Crippen LogP contribution in [0.3, 0.4) is 0 Å². The summed E-state index contributed by atoms with van der Waals surface area (Å²) >= 11 is 0. The van der Waals surface area contributed by atoms with Gasteiger partial charge in [0.05, 0.1) is 12.6 Å². The second-order valence-electron chi connectivity index (χ2n) is 3.23. The minimum absolute atomic E-state index is 0.121. The van der Waals surface area contributed by atoms with E-state index in [1.807, 2.05) is 0 Å². The highest BCUT2D eigenvalue weighted by molar-refractivity contribution is 5.73. The largest absolute Gasteiger partial charge is 0.388 e. The van der Waals surface area contributed by atoms with Crippen LogP contribution < -0.4 is 5.32 Å². The van der Waals surface area contributed by atoms with Crippen LogP contribution in [0.25, 0.3) is 0 Å². The summed E-state index contributed by atoms with van der Waals surface area (Å²) in [5, 5.41) is 21.5. The van der Waals surface area contributed by atoms with E-state index in [-0.39, 0.29) is 12.5 Å². The van der Waals surface area contributed by atoms with Gasteiger partial charge < -0.3 is 25.0 Å². The quantitative estimate of drug-likeness (QED) is 0.496. The highest BCUT2D eigenvalue weighted by Gasteiger charge is 2.38. The van der Waals surface area contributed by atoms with Gasteiger partial charge in [-0.1, -0.05) is 0 Å². The average molecular weight is 205 g/mol. The zero-order valence-corrected chi connectivity index (χ0v) is 8.14. The Labute approximate surface area is 81.8 Å². The van der Waals surface area contributed by atoms with E-state index in [0.29, 0.717) is 0 Å². The summed E-state index contributed by atoms with van der Waals surface area (Å²) in [7, 11) is 1.37. The van der Waals surface area contributed by atoms with Gasteiger partial charge in [0.1, 0.15) is 12.2 Å². The van der Waals surface area contributed by atoms with Crippen LogP contribution in [0.4, 0.5) is 0 Å². The lowest BCUT2D eigenvalue weighted by Crippen LogP contribution is -2.59. The summed E-state index contributed by atoms with van der Waals surface area (Å²) in [5.74, 6) is -0.277. The topological polar surface area (TPSA) is 88.0 Å². The molecule has 1 heterocycles. The van der Waals surface area contributed by atoms with Crippen molar-refractivity contribution in [3.8, 4) is 0 Å². The van der Waals surface area contributed by atoms with Crippen molar-refractivity contribution in [1.82, 2.24) is 5.32 Å². The Hall–Kier alpha value is -0.690. The molecule has 14 heavy (non-hydrogen) atoms. The average Bonchev–Trinajstić information content (AvgIpc) is 2.13. The molecule has 0 aliphatic carbocycles. The van der Waals surface area contributed by atoms with E-state index in [1.165, 1.54) is 14.0 Å². The number of aliphatic hydroxyl groups is 2. The van der Waals surface area contributed by atoms with Gasteiger partial charge in [-0.2, -0.15) is 0 Å². The summed E-state index contributed by atoms with van der Waals surface area (Å²) in [6.45, 7) is 1.46. The van der Waals surface area contributed by atoms with E-state index < -0.39 is 24.5 Å². The van der Waals surface area contributed by atoms with Gasteiger partial charge in [-0.3, -0.25) is 4.79 Å². The molecule has 1 aliphatic rings. The lowest BCUT2D eigenvalue weighted by molar-refractivity contribution is -0.240. The van der Waals surface area contributed by atoms with Crippen molar-refractivity contribution in [2.45, 2.75) is 31.5 Å². The molecule has 1 fully saturated rings. The smallest absolute Gasteiger partial charge is 0.217 e. The summed E-state index contributed by atoms with van der Waals surface area (Å²) in [4.78, 5) is 10.7. The van der Waals surface area contributed by atoms with Gasteiger partial charge in [-0.25, -0.2) is 0 Å². The van der Waals surface area contributed by atoms with Crippen LogP contribution in [0.5, 0.6) is 0 Å². The molecule has 1 aliphatic heterocycles. The molecule has 0 unspecified atom stereocenters. The maximum absolute atomic E-state index is 10.7. The fourth-order valence-corrected chi connectivity index (χ4v) is 1.39. The first-order chi connectivity index (χ1) is 6.56. The highest BCUT2D eigenvalue weighted by Crippen LogP contribution is 2.15. The SMILES string of the molecule is CO[C@H]1OC[C@H](NC(C)=O)[C@@H](O)[C@H]1O. The lowest BCUT2D eigenvalue weighted by atomic mass is 10.0. The second kappa shape index (κ2) is 4.70. The van der Waals surface area contributed by atoms with Crippen molar-refractivity contribution in [3.63, 3.8) is 0 Å². The number of methoxy groups -OCH3 is 1. The standard InChI is InChI=1S/C8H15NO5/c1-4(10)9-5-3-14-8(13-2)7(12)6(5)11/h5-8,11-12H,3H2,1-2H3,(H,9,10)/t5-,6+,7+,8-/m0/s1.